The maximum absolute atomic E-state index is 3.60. The molecule has 1 aromatic carbocycles. The largest absolute Gasteiger partial charge is 0.299 e. The normalized spacial score (nSPS) is 13.1. The van der Waals surface area contributed by atoms with E-state index in [0.29, 0.717) is 6.04 Å². The molecule has 0 aliphatic heterocycles. The number of thioether (sulfide) groups is 1. The Kier molecular flexibility index (Phi) is 6.47. The third-order valence-electron chi connectivity index (χ3n) is 2.87. The molecule has 0 fully saturated rings. The van der Waals surface area contributed by atoms with Crippen LogP contribution in [0.1, 0.15) is 18.9 Å². The maximum atomic E-state index is 3.60. The molecule has 1 atom stereocenters. The van der Waals surface area contributed by atoms with Gasteiger partial charge in [0.1, 0.15) is 0 Å². The summed E-state index contributed by atoms with van der Waals surface area (Å²) in [6, 6.07) is 9.09. The topological polar surface area (TPSA) is 3.24 Å². The number of rotatable bonds is 6. The molecule has 0 saturated carbocycles. The average Bonchev–Trinajstić information content (AvgIpc) is 2.28. The number of halogens is 1. The van der Waals surface area contributed by atoms with E-state index in [2.05, 4.69) is 65.3 Å². The van der Waals surface area contributed by atoms with Crippen molar-refractivity contribution in [2.24, 2.45) is 0 Å². The molecular formula is C13H20BrNS. The van der Waals surface area contributed by atoms with Gasteiger partial charge in [0.05, 0.1) is 0 Å². The summed E-state index contributed by atoms with van der Waals surface area (Å²) in [6.07, 6.45) is 3.42. The Morgan fingerprint density at radius 1 is 1.38 bits per heavy atom. The van der Waals surface area contributed by atoms with E-state index in [1.165, 1.54) is 22.2 Å². The Morgan fingerprint density at radius 3 is 2.69 bits per heavy atom. The van der Waals surface area contributed by atoms with E-state index in [1.54, 1.807) is 0 Å². The highest BCUT2D eigenvalue weighted by atomic mass is 79.9. The van der Waals surface area contributed by atoms with Gasteiger partial charge in [-0.1, -0.05) is 34.1 Å². The van der Waals surface area contributed by atoms with Crippen LogP contribution in [0.2, 0.25) is 0 Å². The highest BCUT2D eigenvalue weighted by Crippen LogP contribution is 2.18. The molecule has 0 spiro atoms. The van der Waals surface area contributed by atoms with Crippen LogP contribution in [-0.2, 0) is 6.54 Å². The molecule has 0 N–H and O–H groups in total. The van der Waals surface area contributed by atoms with E-state index in [1.807, 2.05) is 11.8 Å². The first kappa shape index (κ1) is 14.1. The van der Waals surface area contributed by atoms with Gasteiger partial charge in [-0.05, 0) is 44.0 Å². The Balaban J connectivity index is 2.50. The summed E-state index contributed by atoms with van der Waals surface area (Å²) in [5.41, 5.74) is 1.36. The molecule has 0 bridgehead atoms. The lowest BCUT2D eigenvalue weighted by molar-refractivity contribution is 0.244. The first-order chi connectivity index (χ1) is 7.65. The lowest BCUT2D eigenvalue weighted by Crippen LogP contribution is -2.29. The molecule has 1 aromatic rings. The van der Waals surface area contributed by atoms with Gasteiger partial charge in [0, 0.05) is 17.1 Å². The summed E-state index contributed by atoms with van der Waals surface area (Å²) in [7, 11) is 2.20. The molecule has 0 heterocycles. The summed E-state index contributed by atoms with van der Waals surface area (Å²) in [5.74, 6) is 1.24. The van der Waals surface area contributed by atoms with Gasteiger partial charge in [0.2, 0.25) is 0 Å². The maximum Gasteiger partial charge on any atom is 0.0244 e. The number of benzene rings is 1. The number of hydrogen-bond donors (Lipinski definition) is 0. The fourth-order valence-corrected chi connectivity index (χ4v) is 2.55. The molecule has 0 radical (unpaired) electrons. The molecule has 1 unspecified atom stereocenters. The van der Waals surface area contributed by atoms with Crippen LogP contribution < -0.4 is 0 Å². The van der Waals surface area contributed by atoms with Crippen LogP contribution in [0.5, 0.6) is 0 Å². The van der Waals surface area contributed by atoms with Gasteiger partial charge in [-0.15, -0.1) is 0 Å². The minimum atomic E-state index is 0.638. The van der Waals surface area contributed by atoms with E-state index in [9.17, 15) is 0 Å². The standard InChI is InChI=1S/C13H20BrNS/c1-11(8-9-16-3)15(2)10-12-6-4-5-7-13(12)14/h4-7,11H,8-10H2,1-3H3. The molecule has 90 valence electrons. The van der Waals surface area contributed by atoms with Crippen molar-refractivity contribution in [3.63, 3.8) is 0 Å². The molecule has 0 aliphatic rings. The van der Waals surface area contributed by atoms with Crippen molar-refractivity contribution < 1.29 is 0 Å². The Bertz CT molecular complexity index is 317. The van der Waals surface area contributed by atoms with Gasteiger partial charge in [-0.25, -0.2) is 0 Å². The molecular weight excluding hydrogens is 282 g/mol. The highest BCUT2D eigenvalue weighted by molar-refractivity contribution is 9.10. The van der Waals surface area contributed by atoms with Crippen LogP contribution in [0.3, 0.4) is 0 Å². The summed E-state index contributed by atoms with van der Waals surface area (Å²) in [4.78, 5) is 2.41. The Labute approximate surface area is 112 Å². The first-order valence-electron chi connectivity index (χ1n) is 5.57. The predicted molar refractivity (Wildman–Crippen MR) is 78.1 cm³/mol. The average molecular weight is 302 g/mol. The predicted octanol–water partition coefficient (Wildman–Crippen LogP) is 4.02. The zero-order valence-corrected chi connectivity index (χ0v) is 12.6. The molecule has 16 heavy (non-hydrogen) atoms. The van der Waals surface area contributed by atoms with Crippen molar-refractivity contribution in [2.75, 3.05) is 19.1 Å². The number of hydrogen-bond acceptors (Lipinski definition) is 2. The second-order valence-electron chi connectivity index (χ2n) is 4.14. The first-order valence-corrected chi connectivity index (χ1v) is 7.76. The van der Waals surface area contributed by atoms with E-state index < -0.39 is 0 Å². The van der Waals surface area contributed by atoms with E-state index in [4.69, 9.17) is 0 Å². The third kappa shape index (κ3) is 4.48. The van der Waals surface area contributed by atoms with Crippen LogP contribution in [0.25, 0.3) is 0 Å². The van der Waals surface area contributed by atoms with Gasteiger partial charge in [-0.2, -0.15) is 11.8 Å². The van der Waals surface area contributed by atoms with Crippen LogP contribution in [-0.4, -0.2) is 30.0 Å². The van der Waals surface area contributed by atoms with Gasteiger partial charge in [0.25, 0.3) is 0 Å². The second-order valence-corrected chi connectivity index (χ2v) is 5.98. The molecule has 0 amide bonds. The van der Waals surface area contributed by atoms with Crippen molar-refractivity contribution in [1.82, 2.24) is 4.90 Å². The molecule has 1 rings (SSSR count). The number of nitrogens with zero attached hydrogens (tertiary/aromatic N) is 1. The van der Waals surface area contributed by atoms with Crippen molar-refractivity contribution in [3.8, 4) is 0 Å². The van der Waals surface area contributed by atoms with Crippen LogP contribution in [0.15, 0.2) is 28.7 Å². The zero-order valence-electron chi connectivity index (χ0n) is 10.2. The van der Waals surface area contributed by atoms with Gasteiger partial charge < -0.3 is 0 Å². The summed E-state index contributed by atoms with van der Waals surface area (Å²) >= 11 is 5.52. The smallest absolute Gasteiger partial charge is 0.0244 e. The van der Waals surface area contributed by atoms with Crippen molar-refractivity contribution in [1.29, 1.82) is 0 Å². The van der Waals surface area contributed by atoms with Crippen LogP contribution >= 0.6 is 27.7 Å². The quantitative estimate of drug-likeness (QED) is 0.781. The summed E-state index contributed by atoms with van der Waals surface area (Å²) in [5, 5.41) is 0. The highest BCUT2D eigenvalue weighted by Gasteiger charge is 2.10. The summed E-state index contributed by atoms with van der Waals surface area (Å²) in [6.45, 7) is 3.31. The van der Waals surface area contributed by atoms with Gasteiger partial charge in [-0.3, -0.25) is 4.90 Å². The Hall–Kier alpha value is 0.01000. The fourth-order valence-electron chi connectivity index (χ4n) is 1.56. The van der Waals surface area contributed by atoms with Gasteiger partial charge in [0.15, 0.2) is 0 Å². The van der Waals surface area contributed by atoms with Crippen molar-refractivity contribution in [3.05, 3.63) is 34.3 Å². The fraction of sp³-hybridized carbons (Fsp3) is 0.538. The minimum Gasteiger partial charge on any atom is -0.299 e. The zero-order chi connectivity index (χ0) is 12.0. The van der Waals surface area contributed by atoms with Crippen molar-refractivity contribution >= 4 is 27.7 Å². The lowest BCUT2D eigenvalue weighted by atomic mass is 10.1. The van der Waals surface area contributed by atoms with E-state index in [0.717, 1.165) is 6.54 Å². The van der Waals surface area contributed by atoms with E-state index >= 15 is 0 Å². The van der Waals surface area contributed by atoms with Crippen molar-refractivity contribution in [2.45, 2.75) is 25.9 Å². The molecule has 3 heteroatoms. The summed E-state index contributed by atoms with van der Waals surface area (Å²) < 4.78 is 1.21. The van der Waals surface area contributed by atoms with Gasteiger partial charge >= 0.3 is 0 Å². The molecule has 0 aliphatic carbocycles. The second kappa shape index (κ2) is 7.36. The molecule has 0 saturated heterocycles. The monoisotopic (exact) mass is 301 g/mol. The van der Waals surface area contributed by atoms with Crippen LogP contribution in [0, 0.1) is 0 Å². The molecule has 1 nitrogen and oxygen atoms in total. The third-order valence-corrected chi connectivity index (χ3v) is 4.29. The lowest BCUT2D eigenvalue weighted by Gasteiger charge is -2.25. The van der Waals surface area contributed by atoms with Crippen LogP contribution in [0.4, 0.5) is 0 Å². The van der Waals surface area contributed by atoms with E-state index in [-0.39, 0.29) is 0 Å². The minimum absolute atomic E-state index is 0.638. The SMILES string of the molecule is CSCCC(C)N(C)Cc1ccccc1Br. The Morgan fingerprint density at radius 2 is 2.06 bits per heavy atom. The molecule has 0 aromatic heterocycles.